The molecule has 5 heteroatoms. The minimum atomic E-state index is -0.131. The number of hydrogen-bond acceptors (Lipinski definition) is 4. The van der Waals surface area contributed by atoms with Crippen LogP contribution < -0.4 is 4.74 Å². The molecule has 0 aliphatic carbocycles. The van der Waals surface area contributed by atoms with Gasteiger partial charge in [0.1, 0.15) is 5.75 Å². The van der Waals surface area contributed by atoms with Gasteiger partial charge in [0.05, 0.1) is 12.7 Å². The molecule has 2 aromatic carbocycles. The number of aryl methyl sites for hydroxylation is 1. The van der Waals surface area contributed by atoms with Gasteiger partial charge in [-0.15, -0.1) is 0 Å². The molecule has 3 rings (SSSR count). The standard InChI is InChI=1S/C21H21N3O2/c1-15-9-10-19(26-3)17(11-15)14-24(2)21(25)18-12-22-20(23-13-18)16-7-5-4-6-8-16/h4-13H,14H2,1-3H3. The molecule has 0 bridgehead atoms. The first-order valence-corrected chi connectivity index (χ1v) is 8.35. The maximum absolute atomic E-state index is 12.7. The van der Waals surface area contributed by atoms with E-state index in [0.717, 1.165) is 22.4 Å². The van der Waals surface area contributed by atoms with Crippen LogP contribution in [0.4, 0.5) is 0 Å². The van der Waals surface area contributed by atoms with Crippen molar-refractivity contribution in [2.45, 2.75) is 13.5 Å². The minimum Gasteiger partial charge on any atom is -0.496 e. The zero-order chi connectivity index (χ0) is 18.5. The van der Waals surface area contributed by atoms with Gasteiger partial charge in [-0.3, -0.25) is 4.79 Å². The topological polar surface area (TPSA) is 55.3 Å². The van der Waals surface area contributed by atoms with Crippen LogP contribution in [0.2, 0.25) is 0 Å². The lowest BCUT2D eigenvalue weighted by molar-refractivity contribution is 0.0783. The van der Waals surface area contributed by atoms with Crippen LogP contribution in [0.25, 0.3) is 11.4 Å². The predicted octanol–water partition coefficient (Wildman–Crippen LogP) is 3.73. The van der Waals surface area contributed by atoms with E-state index in [1.54, 1.807) is 31.5 Å². The molecule has 1 amide bonds. The fourth-order valence-electron chi connectivity index (χ4n) is 2.75. The molecule has 0 saturated carbocycles. The number of nitrogens with zero attached hydrogens (tertiary/aromatic N) is 3. The highest BCUT2D eigenvalue weighted by Crippen LogP contribution is 2.22. The first kappa shape index (κ1) is 17.6. The van der Waals surface area contributed by atoms with E-state index >= 15 is 0 Å². The largest absolute Gasteiger partial charge is 0.496 e. The first-order valence-electron chi connectivity index (χ1n) is 8.35. The number of ether oxygens (including phenoxy) is 1. The van der Waals surface area contributed by atoms with Crippen LogP contribution in [0.1, 0.15) is 21.5 Å². The third kappa shape index (κ3) is 3.88. The Kier molecular flexibility index (Phi) is 5.27. The van der Waals surface area contributed by atoms with Crippen LogP contribution in [-0.2, 0) is 6.54 Å². The van der Waals surface area contributed by atoms with Gasteiger partial charge in [0.15, 0.2) is 5.82 Å². The van der Waals surface area contributed by atoms with Crippen molar-refractivity contribution in [3.8, 4) is 17.1 Å². The highest BCUT2D eigenvalue weighted by molar-refractivity contribution is 5.93. The summed E-state index contributed by atoms with van der Waals surface area (Å²) >= 11 is 0. The van der Waals surface area contributed by atoms with Crippen molar-refractivity contribution in [3.05, 3.63) is 77.6 Å². The number of benzene rings is 2. The summed E-state index contributed by atoms with van der Waals surface area (Å²) in [6.45, 7) is 2.46. The molecular weight excluding hydrogens is 326 g/mol. The molecule has 0 saturated heterocycles. The van der Waals surface area contributed by atoms with Crippen molar-refractivity contribution in [1.82, 2.24) is 14.9 Å². The Morgan fingerprint density at radius 1 is 1.08 bits per heavy atom. The lowest BCUT2D eigenvalue weighted by Crippen LogP contribution is -2.26. The van der Waals surface area contributed by atoms with Gasteiger partial charge in [-0.2, -0.15) is 0 Å². The molecule has 0 aliphatic rings. The Morgan fingerprint density at radius 2 is 1.77 bits per heavy atom. The Balaban J connectivity index is 1.76. The quantitative estimate of drug-likeness (QED) is 0.706. The fraction of sp³-hybridized carbons (Fsp3) is 0.190. The molecule has 26 heavy (non-hydrogen) atoms. The van der Waals surface area contributed by atoms with E-state index in [0.29, 0.717) is 17.9 Å². The summed E-state index contributed by atoms with van der Waals surface area (Å²) in [5.41, 5.74) is 3.46. The molecule has 132 valence electrons. The summed E-state index contributed by atoms with van der Waals surface area (Å²) in [5.74, 6) is 1.24. The second kappa shape index (κ2) is 7.78. The molecule has 0 aliphatic heterocycles. The van der Waals surface area contributed by atoms with Crippen molar-refractivity contribution in [3.63, 3.8) is 0 Å². The molecule has 3 aromatic rings. The molecular formula is C21H21N3O2. The lowest BCUT2D eigenvalue weighted by Gasteiger charge is -2.19. The summed E-state index contributed by atoms with van der Waals surface area (Å²) in [4.78, 5) is 23.0. The third-order valence-corrected chi connectivity index (χ3v) is 4.12. The Morgan fingerprint density at radius 3 is 2.42 bits per heavy atom. The van der Waals surface area contributed by atoms with Gasteiger partial charge in [0, 0.05) is 37.1 Å². The van der Waals surface area contributed by atoms with E-state index in [1.165, 1.54) is 0 Å². The highest BCUT2D eigenvalue weighted by atomic mass is 16.5. The van der Waals surface area contributed by atoms with Crippen molar-refractivity contribution < 1.29 is 9.53 Å². The minimum absolute atomic E-state index is 0.131. The average molecular weight is 347 g/mol. The van der Waals surface area contributed by atoms with Gasteiger partial charge in [0.25, 0.3) is 5.91 Å². The van der Waals surface area contributed by atoms with Crippen LogP contribution in [-0.4, -0.2) is 34.9 Å². The normalized spacial score (nSPS) is 10.4. The average Bonchev–Trinajstić information content (AvgIpc) is 2.68. The number of hydrogen-bond donors (Lipinski definition) is 0. The number of carbonyl (C=O) groups is 1. The van der Waals surface area contributed by atoms with Gasteiger partial charge in [-0.25, -0.2) is 9.97 Å². The highest BCUT2D eigenvalue weighted by Gasteiger charge is 2.15. The molecule has 0 fully saturated rings. The Hall–Kier alpha value is -3.21. The van der Waals surface area contributed by atoms with Gasteiger partial charge in [-0.05, 0) is 13.0 Å². The molecule has 0 N–H and O–H groups in total. The second-order valence-electron chi connectivity index (χ2n) is 6.14. The number of rotatable bonds is 5. The summed E-state index contributed by atoms with van der Waals surface area (Å²) in [6, 6.07) is 15.6. The van der Waals surface area contributed by atoms with E-state index < -0.39 is 0 Å². The van der Waals surface area contributed by atoms with Crippen LogP contribution in [0.15, 0.2) is 60.9 Å². The van der Waals surface area contributed by atoms with Crippen molar-refractivity contribution in [2.75, 3.05) is 14.2 Å². The van der Waals surface area contributed by atoms with Crippen LogP contribution in [0.5, 0.6) is 5.75 Å². The Labute approximate surface area is 153 Å². The fourth-order valence-corrected chi connectivity index (χ4v) is 2.75. The lowest BCUT2D eigenvalue weighted by atomic mass is 10.1. The molecule has 0 atom stereocenters. The molecule has 1 heterocycles. The monoisotopic (exact) mass is 347 g/mol. The SMILES string of the molecule is COc1ccc(C)cc1CN(C)C(=O)c1cnc(-c2ccccc2)nc1. The van der Waals surface area contributed by atoms with Gasteiger partial charge < -0.3 is 9.64 Å². The van der Waals surface area contributed by atoms with E-state index in [4.69, 9.17) is 4.74 Å². The van der Waals surface area contributed by atoms with Crippen LogP contribution >= 0.6 is 0 Å². The van der Waals surface area contributed by atoms with Crippen LogP contribution in [0, 0.1) is 6.92 Å². The summed E-state index contributed by atoms with van der Waals surface area (Å²) in [6.07, 6.45) is 3.14. The smallest absolute Gasteiger partial charge is 0.257 e. The second-order valence-corrected chi connectivity index (χ2v) is 6.14. The number of methoxy groups -OCH3 is 1. The van der Waals surface area contributed by atoms with E-state index in [9.17, 15) is 4.79 Å². The zero-order valence-electron chi connectivity index (χ0n) is 15.1. The third-order valence-electron chi connectivity index (χ3n) is 4.12. The van der Waals surface area contributed by atoms with Crippen LogP contribution in [0.3, 0.4) is 0 Å². The maximum Gasteiger partial charge on any atom is 0.257 e. The number of amides is 1. The Bertz CT molecular complexity index is 893. The molecule has 1 aromatic heterocycles. The molecule has 5 nitrogen and oxygen atoms in total. The summed E-state index contributed by atoms with van der Waals surface area (Å²) < 4.78 is 5.39. The van der Waals surface area contributed by atoms with Gasteiger partial charge >= 0.3 is 0 Å². The molecule has 0 spiro atoms. The van der Waals surface area contributed by atoms with Crippen molar-refractivity contribution in [1.29, 1.82) is 0 Å². The van der Waals surface area contributed by atoms with E-state index in [1.807, 2.05) is 55.5 Å². The maximum atomic E-state index is 12.7. The van der Waals surface area contributed by atoms with E-state index in [-0.39, 0.29) is 5.91 Å². The summed E-state index contributed by atoms with van der Waals surface area (Å²) in [5, 5.41) is 0. The van der Waals surface area contributed by atoms with Crippen molar-refractivity contribution in [2.24, 2.45) is 0 Å². The predicted molar refractivity (Wildman–Crippen MR) is 101 cm³/mol. The van der Waals surface area contributed by atoms with Gasteiger partial charge in [-0.1, -0.05) is 48.0 Å². The van der Waals surface area contributed by atoms with Gasteiger partial charge in [0.2, 0.25) is 0 Å². The first-order chi connectivity index (χ1) is 12.6. The van der Waals surface area contributed by atoms with Crippen molar-refractivity contribution >= 4 is 5.91 Å². The zero-order valence-corrected chi connectivity index (χ0v) is 15.1. The molecule has 0 radical (unpaired) electrons. The number of carbonyl (C=O) groups excluding carboxylic acids is 1. The summed E-state index contributed by atoms with van der Waals surface area (Å²) in [7, 11) is 3.39. The number of aromatic nitrogens is 2. The van der Waals surface area contributed by atoms with E-state index in [2.05, 4.69) is 9.97 Å². The molecule has 0 unspecified atom stereocenters.